The smallest absolute Gasteiger partial charge is 0.0992 e. The highest BCUT2D eigenvalue weighted by Crippen LogP contribution is 2.22. The molecule has 0 radical (unpaired) electrons. The van der Waals surface area contributed by atoms with Crippen molar-refractivity contribution in [1.29, 1.82) is 0 Å². The van der Waals surface area contributed by atoms with Gasteiger partial charge in [0.1, 0.15) is 0 Å². The molecule has 102 valence electrons. The molecule has 2 heterocycles. The number of benzene rings is 1. The molecule has 0 unspecified atom stereocenters. The van der Waals surface area contributed by atoms with E-state index in [9.17, 15) is 0 Å². The zero-order chi connectivity index (χ0) is 13.8. The third-order valence-electron chi connectivity index (χ3n) is 3.21. The second-order valence-electron chi connectivity index (χ2n) is 4.56. The molecule has 0 aliphatic heterocycles. The Labute approximate surface area is 122 Å². The molecule has 0 bridgehead atoms. The predicted octanol–water partition coefficient (Wildman–Crippen LogP) is 4.11. The molecular weight excluding hydrogens is 266 g/mol. The summed E-state index contributed by atoms with van der Waals surface area (Å²) < 4.78 is 2.02. The number of aromatic nitrogens is 2. The summed E-state index contributed by atoms with van der Waals surface area (Å²) in [7, 11) is 0. The Morgan fingerprint density at radius 3 is 2.75 bits per heavy atom. The molecule has 20 heavy (non-hydrogen) atoms. The molecule has 0 fully saturated rings. The van der Waals surface area contributed by atoms with E-state index in [1.165, 1.54) is 9.75 Å². The van der Waals surface area contributed by atoms with Crippen LogP contribution < -0.4 is 5.32 Å². The number of rotatable bonds is 5. The number of para-hydroxylation sites is 2. The van der Waals surface area contributed by atoms with Crippen molar-refractivity contribution in [2.45, 2.75) is 19.9 Å². The third kappa shape index (κ3) is 2.75. The highest BCUT2D eigenvalue weighted by atomic mass is 32.1. The van der Waals surface area contributed by atoms with Crippen molar-refractivity contribution < 1.29 is 0 Å². The summed E-state index contributed by atoms with van der Waals surface area (Å²) in [6.45, 7) is 3.05. The van der Waals surface area contributed by atoms with Gasteiger partial charge in [0.05, 0.1) is 17.7 Å². The molecule has 0 saturated heterocycles. The lowest BCUT2D eigenvalue weighted by atomic mass is 10.2. The first-order valence-corrected chi connectivity index (χ1v) is 7.57. The quantitative estimate of drug-likeness (QED) is 0.763. The fraction of sp³-hybridized carbons (Fsp3) is 0.188. The van der Waals surface area contributed by atoms with Crippen molar-refractivity contribution in [3.05, 3.63) is 64.9 Å². The van der Waals surface area contributed by atoms with Crippen LogP contribution in [-0.2, 0) is 13.0 Å². The molecule has 1 N–H and O–H groups in total. The maximum absolute atomic E-state index is 4.11. The fourth-order valence-electron chi connectivity index (χ4n) is 2.14. The van der Waals surface area contributed by atoms with Crippen LogP contribution in [0.4, 0.5) is 5.69 Å². The Balaban J connectivity index is 1.77. The zero-order valence-electron chi connectivity index (χ0n) is 11.4. The predicted molar refractivity (Wildman–Crippen MR) is 84.6 cm³/mol. The molecule has 3 aromatic rings. The SMILES string of the molecule is CCc1ccc(CNc2ccccc2-n2ccnc2)s1. The van der Waals surface area contributed by atoms with Gasteiger partial charge in [-0.2, -0.15) is 0 Å². The first-order chi connectivity index (χ1) is 9.86. The molecule has 3 rings (SSSR count). The standard InChI is InChI=1S/C16H17N3S/c1-2-13-7-8-14(20-13)11-18-15-5-3-4-6-16(15)19-10-9-17-12-19/h3-10,12,18H,2,11H2,1H3. The topological polar surface area (TPSA) is 29.9 Å². The third-order valence-corrected chi connectivity index (χ3v) is 4.44. The van der Waals surface area contributed by atoms with E-state index in [0.29, 0.717) is 0 Å². The van der Waals surface area contributed by atoms with Gasteiger partial charge >= 0.3 is 0 Å². The summed E-state index contributed by atoms with van der Waals surface area (Å²) >= 11 is 1.87. The maximum Gasteiger partial charge on any atom is 0.0992 e. The molecule has 0 saturated carbocycles. The van der Waals surface area contributed by atoms with Gasteiger partial charge in [-0.3, -0.25) is 0 Å². The van der Waals surface area contributed by atoms with Gasteiger partial charge in [0, 0.05) is 28.7 Å². The molecule has 1 aromatic carbocycles. The molecule has 3 nitrogen and oxygen atoms in total. The fourth-order valence-corrected chi connectivity index (χ4v) is 3.04. The van der Waals surface area contributed by atoms with Crippen molar-refractivity contribution in [2.75, 3.05) is 5.32 Å². The largest absolute Gasteiger partial charge is 0.378 e. The summed E-state index contributed by atoms with van der Waals surface area (Å²) in [4.78, 5) is 6.91. The Morgan fingerprint density at radius 1 is 1.15 bits per heavy atom. The Kier molecular flexibility index (Phi) is 3.83. The summed E-state index contributed by atoms with van der Waals surface area (Å²) in [6.07, 6.45) is 6.68. The lowest BCUT2D eigenvalue weighted by Crippen LogP contribution is -2.02. The Morgan fingerprint density at radius 2 is 2.00 bits per heavy atom. The number of anilines is 1. The van der Waals surface area contributed by atoms with Crippen molar-refractivity contribution in [1.82, 2.24) is 9.55 Å². The highest BCUT2D eigenvalue weighted by molar-refractivity contribution is 7.12. The van der Waals surface area contributed by atoms with E-state index in [1.807, 2.05) is 34.5 Å². The van der Waals surface area contributed by atoms with Crippen molar-refractivity contribution in [3.8, 4) is 5.69 Å². The molecule has 0 amide bonds. The van der Waals surface area contributed by atoms with E-state index in [4.69, 9.17) is 0 Å². The molecule has 0 aliphatic carbocycles. The zero-order valence-corrected chi connectivity index (χ0v) is 12.2. The van der Waals surface area contributed by atoms with E-state index in [1.54, 1.807) is 6.20 Å². The molecule has 4 heteroatoms. The van der Waals surface area contributed by atoms with Gasteiger partial charge in [-0.1, -0.05) is 19.1 Å². The molecule has 2 aromatic heterocycles. The molecule has 0 spiro atoms. The number of aryl methyl sites for hydroxylation is 1. The number of thiophene rings is 1. The minimum atomic E-state index is 0.858. The van der Waals surface area contributed by atoms with E-state index < -0.39 is 0 Å². The van der Waals surface area contributed by atoms with Gasteiger partial charge in [-0.05, 0) is 30.7 Å². The van der Waals surface area contributed by atoms with Crippen molar-refractivity contribution in [3.63, 3.8) is 0 Å². The van der Waals surface area contributed by atoms with E-state index in [0.717, 1.165) is 24.3 Å². The average molecular weight is 283 g/mol. The number of hydrogen-bond donors (Lipinski definition) is 1. The first kappa shape index (κ1) is 12.9. The Hall–Kier alpha value is -2.07. The molecule has 0 aliphatic rings. The van der Waals surface area contributed by atoms with Gasteiger partial charge in [0.2, 0.25) is 0 Å². The minimum absolute atomic E-state index is 0.858. The normalized spacial score (nSPS) is 10.7. The minimum Gasteiger partial charge on any atom is -0.378 e. The maximum atomic E-state index is 4.11. The summed E-state index contributed by atoms with van der Waals surface area (Å²) in [5, 5.41) is 3.52. The van der Waals surface area contributed by atoms with Crippen LogP contribution in [0.5, 0.6) is 0 Å². The van der Waals surface area contributed by atoms with Crippen LogP contribution in [0.15, 0.2) is 55.1 Å². The van der Waals surface area contributed by atoms with Crippen LogP contribution in [0, 0.1) is 0 Å². The van der Waals surface area contributed by atoms with Crippen LogP contribution in [0.3, 0.4) is 0 Å². The van der Waals surface area contributed by atoms with Gasteiger partial charge in [0.15, 0.2) is 0 Å². The molecular formula is C16H17N3S. The van der Waals surface area contributed by atoms with E-state index >= 15 is 0 Å². The molecule has 0 atom stereocenters. The monoisotopic (exact) mass is 283 g/mol. The van der Waals surface area contributed by atoms with Crippen LogP contribution in [0.2, 0.25) is 0 Å². The van der Waals surface area contributed by atoms with Crippen LogP contribution >= 0.6 is 11.3 Å². The number of hydrogen-bond acceptors (Lipinski definition) is 3. The second-order valence-corrected chi connectivity index (χ2v) is 5.82. The summed E-state index contributed by atoms with van der Waals surface area (Å²) in [6, 6.07) is 12.7. The van der Waals surface area contributed by atoms with Crippen molar-refractivity contribution >= 4 is 17.0 Å². The van der Waals surface area contributed by atoms with Crippen LogP contribution in [0.1, 0.15) is 16.7 Å². The Bertz CT molecular complexity index is 671. The van der Waals surface area contributed by atoms with E-state index in [-0.39, 0.29) is 0 Å². The van der Waals surface area contributed by atoms with Crippen LogP contribution in [-0.4, -0.2) is 9.55 Å². The van der Waals surface area contributed by atoms with Crippen molar-refractivity contribution in [2.24, 2.45) is 0 Å². The van der Waals surface area contributed by atoms with Gasteiger partial charge in [-0.25, -0.2) is 4.98 Å². The highest BCUT2D eigenvalue weighted by Gasteiger charge is 2.04. The van der Waals surface area contributed by atoms with Gasteiger partial charge < -0.3 is 9.88 Å². The number of nitrogens with one attached hydrogen (secondary N) is 1. The summed E-state index contributed by atoms with van der Waals surface area (Å²) in [5.41, 5.74) is 2.24. The average Bonchev–Trinajstić information content (AvgIpc) is 3.17. The van der Waals surface area contributed by atoms with E-state index in [2.05, 4.69) is 47.6 Å². The second kappa shape index (κ2) is 5.92. The lowest BCUT2D eigenvalue weighted by Gasteiger charge is -2.11. The van der Waals surface area contributed by atoms with Gasteiger partial charge in [0.25, 0.3) is 0 Å². The number of imidazole rings is 1. The van der Waals surface area contributed by atoms with Crippen LogP contribution in [0.25, 0.3) is 5.69 Å². The number of nitrogens with zero attached hydrogens (tertiary/aromatic N) is 2. The van der Waals surface area contributed by atoms with Gasteiger partial charge in [-0.15, -0.1) is 11.3 Å². The first-order valence-electron chi connectivity index (χ1n) is 6.75. The lowest BCUT2D eigenvalue weighted by molar-refractivity contribution is 1.05. The summed E-state index contributed by atoms with van der Waals surface area (Å²) in [5.74, 6) is 0.